The molecule has 1 nitrogen and oxygen atoms in total. The number of hydrogen-bond acceptors (Lipinski definition) is 1. The van der Waals surface area contributed by atoms with Crippen LogP contribution in [0.1, 0.15) is 19.8 Å². The van der Waals surface area contributed by atoms with Crippen LogP contribution in [0.25, 0.3) is 0 Å². The molecule has 1 rings (SSSR count). The molecule has 0 spiro atoms. The monoisotopic (exact) mass is 134 g/mol. The molecule has 0 saturated carbocycles. The number of alkyl halides is 1. The predicted octanol–water partition coefficient (Wildman–Crippen LogP) is 1.79. The highest BCUT2D eigenvalue weighted by atomic mass is 35.5. The average Bonchev–Trinajstić information content (AvgIpc) is 2.48. The van der Waals surface area contributed by atoms with E-state index in [2.05, 4.69) is 6.92 Å². The molecule has 0 unspecified atom stereocenters. The lowest BCUT2D eigenvalue weighted by Gasteiger charge is -1.82. The maximum atomic E-state index is 5.48. The molecular formula is C6H11ClO. The van der Waals surface area contributed by atoms with E-state index in [-0.39, 0.29) is 0 Å². The van der Waals surface area contributed by atoms with Gasteiger partial charge in [0.15, 0.2) is 0 Å². The van der Waals surface area contributed by atoms with Gasteiger partial charge in [-0.3, -0.25) is 0 Å². The second kappa shape index (κ2) is 2.70. The van der Waals surface area contributed by atoms with Gasteiger partial charge in [-0.05, 0) is 12.8 Å². The Hall–Kier alpha value is 0.250. The molecule has 1 fully saturated rings. The maximum Gasteiger partial charge on any atom is 0.0853 e. The molecule has 2 atom stereocenters. The van der Waals surface area contributed by atoms with Crippen molar-refractivity contribution in [2.75, 3.05) is 5.88 Å². The van der Waals surface area contributed by atoms with Crippen LogP contribution in [0.3, 0.4) is 0 Å². The molecule has 48 valence electrons. The summed E-state index contributed by atoms with van der Waals surface area (Å²) in [4.78, 5) is 0. The van der Waals surface area contributed by atoms with E-state index < -0.39 is 0 Å². The Labute approximate surface area is 55.0 Å². The third-order valence-corrected chi connectivity index (χ3v) is 1.70. The van der Waals surface area contributed by atoms with Crippen molar-refractivity contribution < 1.29 is 4.74 Å². The normalized spacial score (nSPS) is 35.2. The zero-order valence-electron chi connectivity index (χ0n) is 5.06. The highest BCUT2D eigenvalue weighted by Gasteiger charge is 2.35. The second-order valence-electron chi connectivity index (χ2n) is 2.10. The summed E-state index contributed by atoms with van der Waals surface area (Å²) in [5.74, 6) is 0.737. The summed E-state index contributed by atoms with van der Waals surface area (Å²) in [6.07, 6.45) is 3.20. The molecule has 0 N–H and O–H groups in total. The molecule has 1 saturated heterocycles. The lowest BCUT2D eigenvalue weighted by Crippen LogP contribution is -1.91. The fourth-order valence-corrected chi connectivity index (χ4v) is 1.11. The molecule has 8 heavy (non-hydrogen) atoms. The zero-order valence-corrected chi connectivity index (χ0v) is 5.82. The van der Waals surface area contributed by atoms with Crippen LogP contribution in [0.5, 0.6) is 0 Å². The van der Waals surface area contributed by atoms with E-state index in [1.807, 2.05) is 0 Å². The van der Waals surface area contributed by atoms with Gasteiger partial charge >= 0.3 is 0 Å². The smallest absolute Gasteiger partial charge is 0.0853 e. The third kappa shape index (κ3) is 1.36. The van der Waals surface area contributed by atoms with Crippen LogP contribution in [0.4, 0.5) is 0 Å². The van der Waals surface area contributed by atoms with Crippen molar-refractivity contribution in [3.63, 3.8) is 0 Å². The van der Waals surface area contributed by atoms with E-state index >= 15 is 0 Å². The molecule has 0 aromatic heterocycles. The lowest BCUT2D eigenvalue weighted by atomic mass is 10.2. The number of hydrogen-bond donors (Lipinski definition) is 0. The summed E-state index contributed by atoms with van der Waals surface area (Å²) < 4.78 is 5.22. The Kier molecular flexibility index (Phi) is 2.15. The summed E-state index contributed by atoms with van der Waals surface area (Å²) in [5.41, 5.74) is 0. The van der Waals surface area contributed by atoms with Crippen molar-refractivity contribution in [3.8, 4) is 0 Å². The van der Waals surface area contributed by atoms with Crippen molar-refractivity contribution in [1.82, 2.24) is 0 Å². The summed E-state index contributed by atoms with van der Waals surface area (Å²) in [7, 11) is 0. The molecule has 1 aliphatic rings. The first-order valence-corrected chi connectivity index (χ1v) is 3.63. The minimum Gasteiger partial charge on any atom is -0.370 e. The molecule has 0 aromatic rings. The van der Waals surface area contributed by atoms with Crippen molar-refractivity contribution in [2.45, 2.75) is 32.0 Å². The first-order chi connectivity index (χ1) is 3.88. The first kappa shape index (κ1) is 6.37. The third-order valence-electron chi connectivity index (χ3n) is 1.48. The van der Waals surface area contributed by atoms with E-state index in [9.17, 15) is 0 Å². The Balaban J connectivity index is 1.99. The molecule has 1 aliphatic heterocycles. The van der Waals surface area contributed by atoms with Gasteiger partial charge in [0.1, 0.15) is 0 Å². The molecule has 0 bridgehead atoms. The molecular weight excluding hydrogens is 124 g/mol. The topological polar surface area (TPSA) is 12.5 Å². The SMILES string of the molecule is CC[C@@H]1O[C@H]1CCCl. The van der Waals surface area contributed by atoms with E-state index in [1.165, 1.54) is 0 Å². The van der Waals surface area contributed by atoms with Gasteiger partial charge in [-0.15, -0.1) is 11.6 Å². The van der Waals surface area contributed by atoms with E-state index in [0.717, 1.165) is 18.7 Å². The second-order valence-corrected chi connectivity index (χ2v) is 2.48. The van der Waals surface area contributed by atoms with Crippen LogP contribution in [0.2, 0.25) is 0 Å². The van der Waals surface area contributed by atoms with Crippen molar-refractivity contribution in [2.24, 2.45) is 0 Å². The van der Waals surface area contributed by atoms with Gasteiger partial charge in [-0.25, -0.2) is 0 Å². The van der Waals surface area contributed by atoms with Gasteiger partial charge in [0.25, 0.3) is 0 Å². The number of halogens is 1. The van der Waals surface area contributed by atoms with Gasteiger partial charge in [0.05, 0.1) is 12.2 Å². The van der Waals surface area contributed by atoms with E-state index in [0.29, 0.717) is 12.2 Å². The summed E-state index contributed by atoms with van der Waals surface area (Å²) in [6, 6.07) is 0. The van der Waals surface area contributed by atoms with Crippen LogP contribution >= 0.6 is 11.6 Å². The molecule has 0 aliphatic carbocycles. The molecule has 0 amide bonds. The van der Waals surface area contributed by atoms with Crippen molar-refractivity contribution >= 4 is 11.6 Å². The Morgan fingerprint density at radius 1 is 1.50 bits per heavy atom. The van der Waals surface area contributed by atoms with Crippen LogP contribution in [0, 0.1) is 0 Å². The molecule has 1 heterocycles. The standard InChI is InChI=1S/C6H11ClO/c1-2-5-6(8-5)3-4-7/h5-6H,2-4H2,1H3/t5-,6-/m0/s1. The largest absolute Gasteiger partial charge is 0.370 e. The predicted molar refractivity (Wildman–Crippen MR) is 34.3 cm³/mol. The van der Waals surface area contributed by atoms with Gasteiger partial charge in [0.2, 0.25) is 0 Å². The van der Waals surface area contributed by atoms with Gasteiger partial charge in [-0.1, -0.05) is 6.92 Å². The van der Waals surface area contributed by atoms with Crippen LogP contribution in [-0.4, -0.2) is 18.1 Å². The molecule has 2 heteroatoms. The zero-order chi connectivity index (χ0) is 5.98. The average molecular weight is 135 g/mol. The Morgan fingerprint density at radius 2 is 2.25 bits per heavy atom. The first-order valence-electron chi connectivity index (χ1n) is 3.10. The van der Waals surface area contributed by atoms with E-state index in [1.54, 1.807) is 0 Å². The summed E-state index contributed by atoms with van der Waals surface area (Å²) in [5, 5.41) is 0. The molecule has 0 aromatic carbocycles. The quantitative estimate of drug-likeness (QED) is 0.424. The van der Waals surface area contributed by atoms with Gasteiger partial charge in [0, 0.05) is 5.88 Å². The van der Waals surface area contributed by atoms with Gasteiger partial charge in [-0.2, -0.15) is 0 Å². The van der Waals surface area contributed by atoms with Crippen LogP contribution < -0.4 is 0 Å². The lowest BCUT2D eigenvalue weighted by molar-refractivity contribution is 0.364. The minimum atomic E-state index is 0.498. The summed E-state index contributed by atoms with van der Waals surface area (Å²) >= 11 is 5.48. The highest BCUT2D eigenvalue weighted by molar-refractivity contribution is 6.17. The molecule has 0 radical (unpaired) electrons. The van der Waals surface area contributed by atoms with Gasteiger partial charge < -0.3 is 4.74 Å². The highest BCUT2D eigenvalue weighted by Crippen LogP contribution is 2.27. The Bertz CT molecular complexity index is 74.9. The number of ether oxygens (including phenoxy) is 1. The van der Waals surface area contributed by atoms with Crippen molar-refractivity contribution in [1.29, 1.82) is 0 Å². The maximum absolute atomic E-state index is 5.48. The minimum absolute atomic E-state index is 0.498. The fourth-order valence-electron chi connectivity index (χ4n) is 0.900. The van der Waals surface area contributed by atoms with E-state index in [4.69, 9.17) is 16.3 Å². The van der Waals surface area contributed by atoms with Crippen molar-refractivity contribution in [3.05, 3.63) is 0 Å². The summed E-state index contributed by atoms with van der Waals surface area (Å²) in [6.45, 7) is 2.14. The fraction of sp³-hybridized carbons (Fsp3) is 1.00. The number of rotatable bonds is 3. The number of epoxide rings is 1. The Morgan fingerprint density at radius 3 is 2.62 bits per heavy atom. The van der Waals surface area contributed by atoms with Crippen LogP contribution in [0.15, 0.2) is 0 Å². The van der Waals surface area contributed by atoms with Crippen LogP contribution in [-0.2, 0) is 4.74 Å².